The maximum Gasteiger partial charge on any atom is 0.0434 e. The second-order valence-corrected chi connectivity index (χ2v) is 5.30. The average molecular weight is 227 g/mol. The molecule has 16 heavy (non-hydrogen) atoms. The number of nitrogens with one attached hydrogen (secondary N) is 1. The Labute approximate surface area is 98.2 Å². The molecule has 2 aliphatic rings. The Morgan fingerprint density at radius 2 is 2.06 bits per heavy atom. The van der Waals surface area contributed by atoms with Crippen molar-refractivity contribution in [3.63, 3.8) is 0 Å². The van der Waals surface area contributed by atoms with Gasteiger partial charge in [-0.1, -0.05) is 0 Å². The smallest absolute Gasteiger partial charge is 0.0434 e. The predicted molar refractivity (Wildman–Crippen MR) is 65.2 cm³/mol. The van der Waals surface area contributed by atoms with Crippen LogP contribution in [0.25, 0.3) is 0 Å². The summed E-state index contributed by atoms with van der Waals surface area (Å²) in [7, 11) is 0. The summed E-state index contributed by atoms with van der Waals surface area (Å²) in [4.78, 5) is 2.45. The van der Waals surface area contributed by atoms with Crippen LogP contribution in [0.5, 0.6) is 0 Å². The minimum absolute atomic E-state index is 0.317. The van der Waals surface area contributed by atoms with Crippen LogP contribution in [0.15, 0.2) is 0 Å². The van der Waals surface area contributed by atoms with Gasteiger partial charge in [0.15, 0.2) is 0 Å². The predicted octanol–water partition coefficient (Wildman–Crippen LogP) is -0.230. The van der Waals surface area contributed by atoms with Gasteiger partial charge >= 0.3 is 0 Å². The molecule has 1 heterocycles. The van der Waals surface area contributed by atoms with Gasteiger partial charge < -0.3 is 21.1 Å². The van der Waals surface area contributed by atoms with Crippen LogP contribution >= 0.6 is 0 Å². The average Bonchev–Trinajstić information content (AvgIpc) is 3.02. The minimum atomic E-state index is 0.317. The number of aliphatic hydroxyl groups excluding tert-OH is 1. The zero-order valence-corrected chi connectivity index (χ0v) is 10.1. The number of hydrogen-bond acceptors (Lipinski definition) is 4. The van der Waals surface area contributed by atoms with Gasteiger partial charge in [0.2, 0.25) is 0 Å². The first-order valence-electron chi connectivity index (χ1n) is 6.61. The monoisotopic (exact) mass is 227 g/mol. The van der Waals surface area contributed by atoms with Crippen LogP contribution in [-0.2, 0) is 0 Å². The lowest BCUT2D eigenvalue weighted by Crippen LogP contribution is -2.51. The summed E-state index contributed by atoms with van der Waals surface area (Å²) in [6.45, 7) is 4.29. The molecule has 2 unspecified atom stereocenters. The van der Waals surface area contributed by atoms with E-state index in [1.54, 1.807) is 0 Å². The van der Waals surface area contributed by atoms with Crippen LogP contribution < -0.4 is 11.1 Å². The number of hydrogen-bond donors (Lipinski definition) is 3. The lowest BCUT2D eigenvalue weighted by Gasteiger charge is -2.38. The van der Waals surface area contributed by atoms with Crippen molar-refractivity contribution in [2.75, 3.05) is 32.8 Å². The van der Waals surface area contributed by atoms with E-state index in [2.05, 4.69) is 10.2 Å². The molecule has 0 spiro atoms. The fraction of sp³-hybridized carbons (Fsp3) is 1.00. The number of aliphatic hydroxyl groups is 1. The SMILES string of the molecule is NCCN1CC(CCO)CC(NC2CC2)C1. The second-order valence-electron chi connectivity index (χ2n) is 5.30. The van der Waals surface area contributed by atoms with E-state index in [0.717, 1.165) is 38.6 Å². The van der Waals surface area contributed by atoms with Gasteiger partial charge in [0.1, 0.15) is 0 Å². The molecule has 0 aromatic carbocycles. The zero-order valence-electron chi connectivity index (χ0n) is 10.1. The fourth-order valence-electron chi connectivity index (χ4n) is 2.76. The van der Waals surface area contributed by atoms with E-state index in [4.69, 9.17) is 10.8 Å². The van der Waals surface area contributed by atoms with Gasteiger partial charge in [-0.3, -0.25) is 0 Å². The van der Waals surface area contributed by atoms with E-state index >= 15 is 0 Å². The molecule has 2 atom stereocenters. The van der Waals surface area contributed by atoms with E-state index < -0.39 is 0 Å². The third kappa shape index (κ3) is 3.70. The highest BCUT2D eigenvalue weighted by atomic mass is 16.3. The summed E-state index contributed by atoms with van der Waals surface area (Å²) >= 11 is 0. The molecule has 1 aliphatic heterocycles. The Morgan fingerprint density at radius 3 is 2.69 bits per heavy atom. The standard InChI is InChI=1S/C12H25N3O/c13-4-5-15-8-10(3-6-16)7-12(9-15)14-11-1-2-11/h10-12,14,16H,1-9,13H2. The summed E-state index contributed by atoms with van der Waals surface area (Å²) in [5.74, 6) is 0.640. The van der Waals surface area contributed by atoms with Crippen LogP contribution in [-0.4, -0.2) is 54.9 Å². The van der Waals surface area contributed by atoms with E-state index in [1.165, 1.54) is 19.3 Å². The highest BCUT2D eigenvalue weighted by Crippen LogP contribution is 2.24. The van der Waals surface area contributed by atoms with Crippen molar-refractivity contribution in [3.8, 4) is 0 Å². The second kappa shape index (κ2) is 5.96. The first-order valence-corrected chi connectivity index (χ1v) is 6.61. The minimum Gasteiger partial charge on any atom is -0.396 e. The molecule has 94 valence electrons. The van der Waals surface area contributed by atoms with Crippen molar-refractivity contribution in [3.05, 3.63) is 0 Å². The number of nitrogens with two attached hydrogens (primary N) is 1. The Bertz CT molecular complexity index is 194. The van der Waals surface area contributed by atoms with Crippen molar-refractivity contribution >= 4 is 0 Å². The van der Waals surface area contributed by atoms with Crippen molar-refractivity contribution in [2.45, 2.75) is 37.8 Å². The molecular formula is C12H25N3O. The number of piperidine rings is 1. The van der Waals surface area contributed by atoms with Gasteiger partial charge in [0.05, 0.1) is 0 Å². The Balaban J connectivity index is 1.81. The molecule has 2 rings (SSSR count). The molecule has 1 saturated carbocycles. The third-order valence-corrected chi connectivity index (χ3v) is 3.64. The zero-order chi connectivity index (χ0) is 11.4. The fourth-order valence-corrected chi connectivity index (χ4v) is 2.76. The first kappa shape index (κ1) is 12.3. The van der Waals surface area contributed by atoms with Gasteiger partial charge in [0, 0.05) is 44.9 Å². The van der Waals surface area contributed by atoms with Crippen LogP contribution in [0.1, 0.15) is 25.7 Å². The molecule has 4 heteroatoms. The van der Waals surface area contributed by atoms with Crippen LogP contribution in [0.4, 0.5) is 0 Å². The van der Waals surface area contributed by atoms with Crippen molar-refractivity contribution < 1.29 is 5.11 Å². The molecule has 0 amide bonds. The van der Waals surface area contributed by atoms with Crippen LogP contribution in [0, 0.1) is 5.92 Å². The van der Waals surface area contributed by atoms with Gasteiger partial charge in [-0.2, -0.15) is 0 Å². The van der Waals surface area contributed by atoms with E-state index in [9.17, 15) is 0 Å². The largest absolute Gasteiger partial charge is 0.396 e. The molecule has 0 radical (unpaired) electrons. The Kier molecular flexibility index (Phi) is 4.58. The first-order chi connectivity index (χ1) is 7.81. The summed E-state index contributed by atoms with van der Waals surface area (Å²) in [5, 5.41) is 12.8. The molecule has 1 aliphatic carbocycles. The maximum atomic E-state index is 9.05. The summed E-state index contributed by atoms with van der Waals surface area (Å²) < 4.78 is 0. The van der Waals surface area contributed by atoms with E-state index in [0.29, 0.717) is 18.6 Å². The molecule has 0 aromatic heterocycles. The van der Waals surface area contributed by atoms with Crippen LogP contribution in [0.3, 0.4) is 0 Å². The topological polar surface area (TPSA) is 61.5 Å². The lowest BCUT2D eigenvalue weighted by atomic mass is 9.91. The molecule has 1 saturated heterocycles. The maximum absolute atomic E-state index is 9.05. The van der Waals surface area contributed by atoms with Crippen molar-refractivity contribution in [1.29, 1.82) is 0 Å². The Hall–Kier alpha value is -0.160. The number of rotatable bonds is 6. The van der Waals surface area contributed by atoms with Gasteiger partial charge in [-0.15, -0.1) is 0 Å². The van der Waals surface area contributed by atoms with Crippen LogP contribution in [0.2, 0.25) is 0 Å². The Morgan fingerprint density at radius 1 is 1.25 bits per heavy atom. The van der Waals surface area contributed by atoms with Gasteiger partial charge in [-0.05, 0) is 31.6 Å². The quantitative estimate of drug-likeness (QED) is 0.586. The highest BCUT2D eigenvalue weighted by Gasteiger charge is 2.30. The van der Waals surface area contributed by atoms with E-state index in [1.807, 2.05) is 0 Å². The molecule has 4 nitrogen and oxygen atoms in total. The lowest BCUT2D eigenvalue weighted by molar-refractivity contribution is 0.123. The summed E-state index contributed by atoms with van der Waals surface area (Å²) in [6, 6.07) is 1.39. The normalized spacial score (nSPS) is 31.9. The van der Waals surface area contributed by atoms with Gasteiger partial charge in [-0.25, -0.2) is 0 Å². The van der Waals surface area contributed by atoms with Crippen molar-refractivity contribution in [1.82, 2.24) is 10.2 Å². The highest BCUT2D eigenvalue weighted by molar-refractivity contribution is 4.90. The molecule has 0 aromatic rings. The summed E-state index contributed by atoms with van der Waals surface area (Å²) in [6.07, 6.45) is 4.85. The van der Waals surface area contributed by atoms with E-state index in [-0.39, 0.29) is 0 Å². The molecule has 2 fully saturated rings. The molecule has 4 N–H and O–H groups in total. The molecule has 0 bridgehead atoms. The molecular weight excluding hydrogens is 202 g/mol. The van der Waals surface area contributed by atoms with Gasteiger partial charge in [0.25, 0.3) is 0 Å². The number of nitrogens with zero attached hydrogens (tertiary/aromatic N) is 1. The number of likely N-dealkylation sites (tertiary alicyclic amines) is 1. The third-order valence-electron chi connectivity index (χ3n) is 3.64. The van der Waals surface area contributed by atoms with Crippen molar-refractivity contribution in [2.24, 2.45) is 11.7 Å². The summed E-state index contributed by atoms with van der Waals surface area (Å²) in [5.41, 5.74) is 5.63.